The lowest BCUT2D eigenvalue weighted by atomic mass is 9.92. The molecule has 140 valence electrons. The number of hydrogen-bond donors (Lipinski definition) is 2. The average molecular weight is 382 g/mol. The zero-order valence-corrected chi connectivity index (χ0v) is 15.0. The molecule has 0 aliphatic rings. The van der Waals surface area contributed by atoms with Crippen molar-refractivity contribution in [3.05, 3.63) is 88.6 Å². The topological polar surface area (TPSA) is 87.7 Å². The van der Waals surface area contributed by atoms with Gasteiger partial charge in [0.1, 0.15) is 16.9 Å². The van der Waals surface area contributed by atoms with Gasteiger partial charge in [0.15, 0.2) is 5.43 Å². The molecule has 2 N–H and O–H groups in total. The molecule has 0 fully saturated rings. The second kappa shape index (κ2) is 6.21. The molecule has 0 saturated heterocycles. The third-order valence-corrected chi connectivity index (χ3v) is 5.08. The molecule has 5 rings (SSSR count). The van der Waals surface area contributed by atoms with Crippen LogP contribution in [0, 0.1) is 0 Å². The molecule has 0 spiro atoms. The quantitative estimate of drug-likeness (QED) is 0.325. The number of carbonyl (C=O) groups is 1. The Morgan fingerprint density at radius 2 is 1.59 bits per heavy atom. The fourth-order valence-corrected chi connectivity index (χ4v) is 3.82. The lowest BCUT2D eigenvalue weighted by Crippen LogP contribution is -2.00. The van der Waals surface area contributed by atoms with E-state index in [1.807, 2.05) is 12.1 Å². The summed E-state index contributed by atoms with van der Waals surface area (Å²) in [7, 11) is 0. The zero-order valence-electron chi connectivity index (χ0n) is 15.0. The van der Waals surface area contributed by atoms with Crippen molar-refractivity contribution in [2.45, 2.75) is 0 Å². The summed E-state index contributed by atoms with van der Waals surface area (Å²) in [6.07, 6.45) is 0. The van der Waals surface area contributed by atoms with Crippen molar-refractivity contribution in [2.75, 3.05) is 0 Å². The van der Waals surface area contributed by atoms with Crippen molar-refractivity contribution in [1.82, 2.24) is 0 Å². The van der Waals surface area contributed by atoms with Crippen molar-refractivity contribution < 1.29 is 19.4 Å². The Hall–Kier alpha value is -4.12. The summed E-state index contributed by atoms with van der Waals surface area (Å²) in [5, 5.41) is 22.6. The predicted molar refractivity (Wildman–Crippen MR) is 112 cm³/mol. The number of phenols is 1. The monoisotopic (exact) mass is 382 g/mol. The van der Waals surface area contributed by atoms with Crippen LogP contribution in [0.25, 0.3) is 43.8 Å². The van der Waals surface area contributed by atoms with Crippen molar-refractivity contribution in [1.29, 1.82) is 0 Å². The maximum absolute atomic E-state index is 11.9. The molecule has 0 bridgehead atoms. The second-order valence-electron chi connectivity index (χ2n) is 6.83. The van der Waals surface area contributed by atoms with Crippen LogP contribution in [0.2, 0.25) is 0 Å². The van der Waals surface area contributed by atoms with Gasteiger partial charge in [0, 0.05) is 27.8 Å². The van der Waals surface area contributed by atoms with Gasteiger partial charge in [-0.25, -0.2) is 4.79 Å². The molecule has 1 aromatic heterocycles. The second-order valence-corrected chi connectivity index (χ2v) is 6.83. The van der Waals surface area contributed by atoms with Gasteiger partial charge >= 0.3 is 5.97 Å². The number of aromatic carboxylic acids is 1. The van der Waals surface area contributed by atoms with Crippen molar-refractivity contribution in [2.24, 2.45) is 0 Å². The molecular weight excluding hydrogens is 368 g/mol. The number of rotatable bonds is 2. The Morgan fingerprint density at radius 3 is 2.41 bits per heavy atom. The van der Waals surface area contributed by atoms with Gasteiger partial charge in [0.05, 0.1) is 5.56 Å². The van der Waals surface area contributed by atoms with Crippen LogP contribution >= 0.6 is 0 Å². The van der Waals surface area contributed by atoms with E-state index in [1.54, 1.807) is 42.5 Å². The highest BCUT2D eigenvalue weighted by molar-refractivity contribution is 6.17. The molecule has 0 saturated carbocycles. The van der Waals surface area contributed by atoms with Gasteiger partial charge < -0.3 is 14.6 Å². The third kappa shape index (κ3) is 2.63. The number of fused-ring (bicyclic) bond motifs is 4. The third-order valence-electron chi connectivity index (χ3n) is 5.08. The molecule has 0 atom stereocenters. The van der Waals surface area contributed by atoms with E-state index in [0.717, 1.165) is 16.2 Å². The highest BCUT2D eigenvalue weighted by atomic mass is 16.4. The highest BCUT2D eigenvalue weighted by Crippen LogP contribution is 2.41. The van der Waals surface area contributed by atoms with Crippen LogP contribution in [0.5, 0.6) is 5.75 Å². The maximum atomic E-state index is 11.9. The Bertz CT molecular complexity index is 1510. The van der Waals surface area contributed by atoms with Gasteiger partial charge in [0.2, 0.25) is 0 Å². The highest BCUT2D eigenvalue weighted by Gasteiger charge is 2.19. The SMILES string of the molecule is O=C(O)c1ccccc1-c1c2ccc(O)cc2oc2c1ccc1cc(=O)ccc12. The van der Waals surface area contributed by atoms with Gasteiger partial charge in [0.25, 0.3) is 0 Å². The number of benzene rings is 4. The summed E-state index contributed by atoms with van der Waals surface area (Å²) in [5.41, 5.74) is 2.27. The number of carboxylic acid groups (broad SMARTS) is 1. The molecule has 29 heavy (non-hydrogen) atoms. The summed E-state index contributed by atoms with van der Waals surface area (Å²) in [4.78, 5) is 23.6. The van der Waals surface area contributed by atoms with E-state index in [2.05, 4.69) is 0 Å². The van der Waals surface area contributed by atoms with Crippen LogP contribution < -0.4 is 5.43 Å². The minimum absolute atomic E-state index is 0.0418. The van der Waals surface area contributed by atoms with Crippen LogP contribution in [0.15, 0.2) is 82.0 Å². The molecule has 0 unspecified atom stereocenters. The fourth-order valence-electron chi connectivity index (χ4n) is 3.82. The van der Waals surface area contributed by atoms with Crippen LogP contribution in [-0.4, -0.2) is 16.2 Å². The van der Waals surface area contributed by atoms with Crippen LogP contribution in [0.3, 0.4) is 0 Å². The summed E-state index contributed by atoms with van der Waals surface area (Å²) in [6, 6.07) is 19.9. The minimum Gasteiger partial charge on any atom is -0.508 e. The van der Waals surface area contributed by atoms with Crippen molar-refractivity contribution >= 4 is 38.7 Å². The van der Waals surface area contributed by atoms with E-state index >= 15 is 0 Å². The van der Waals surface area contributed by atoms with Crippen LogP contribution in [0.4, 0.5) is 0 Å². The van der Waals surface area contributed by atoms with Crippen LogP contribution in [-0.2, 0) is 0 Å². The largest absolute Gasteiger partial charge is 0.508 e. The van der Waals surface area contributed by atoms with E-state index in [9.17, 15) is 19.8 Å². The van der Waals surface area contributed by atoms with Crippen molar-refractivity contribution in [3.8, 4) is 16.9 Å². The van der Waals surface area contributed by atoms with E-state index in [4.69, 9.17) is 4.42 Å². The van der Waals surface area contributed by atoms with Gasteiger partial charge in [-0.15, -0.1) is 0 Å². The normalized spacial score (nSPS) is 11.3. The first-order chi connectivity index (χ1) is 14.0. The molecular formula is C24H14O5. The number of carboxylic acids is 1. The zero-order chi connectivity index (χ0) is 20.1. The van der Waals surface area contributed by atoms with Gasteiger partial charge in [-0.1, -0.05) is 24.3 Å². The summed E-state index contributed by atoms with van der Waals surface area (Å²) >= 11 is 0. The summed E-state index contributed by atoms with van der Waals surface area (Å²) in [6.45, 7) is 0. The minimum atomic E-state index is -1.03. The standard InChI is InChI=1S/C24H14O5/c25-14-6-9-16-13(11-14)5-8-20-22(17-3-1-2-4-18(17)24(27)28)19-10-7-15(26)12-21(19)29-23(16)20/h1-12,26H,(H,27,28). The average Bonchev–Trinajstić information content (AvgIpc) is 2.71. The molecule has 1 heterocycles. The lowest BCUT2D eigenvalue weighted by Gasteiger charge is -2.14. The van der Waals surface area contributed by atoms with Crippen molar-refractivity contribution in [3.63, 3.8) is 0 Å². The van der Waals surface area contributed by atoms with E-state index < -0.39 is 5.97 Å². The Labute approximate surface area is 164 Å². The predicted octanol–water partition coefficient (Wildman–Crippen LogP) is 5.17. The number of aromatic hydroxyl groups is 1. The first-order valence-electron chi connectivity index (χ1n) is 8.98. The Kier molecular flexibility index (Phi) is 3.64. The van der Waals surface area contributed by atoms with Gasteiger partial charge in [-0.05, 0) is 53.4 Å². The molecule has 4 aromatic carbocycles. The van der Waals surface area contributed by atoms with E-state index in [-0.39, 0.29) is 16.7 Å². The lowest BCUT2D eigenvalue weighted by molar-refractivity contribution is 0.0697. The van der Waals surface area contributed by atoms with Gasteiger partial charge in [-0.2, -0.15) is 0 Å². The number of hydrogen-bond acceptors (Lipinski definition) is 4. The Balaban J connectivity index is 2.04. The first-order valence-corrected chi connectivity index (χ1v) is 8.98. The Morgan fingerprint density at radius 1 is 0.828 bits per heavy atom. The molecule has 0 radical (unpaired) electrons. The summed E-state index contributed by atoms with van der Waals surface area (Å²) < 4.78 is 6.13. The number of phenolic OH excluding ortho intramolecular Hbond substituents is 1. The molecule has 0 aliphatic heterocycles. The molecule has 0 aliphatic carbocycles. The van der Waals surface area contributed by atoms with E-state index in [0.29, 0.717) is 27.7 Å². The van der Waals surface area contributed by atoms with E-state index in [1.165, 1.54) is 18.2 Å². The molecule has 5 heteroatoms. The molecule has 0 amide bonds. The van der Waals surface area contributed by atoms with Crippen LogP contribution in [0.1, 0.15) is 10.4 Å². The molecule has 5 aromatic rings. The summed E-state index contributed by atoms with van der Waals surface area (Å²) in [5.74, 6) is -0.988. The fraction of sp³-hybridized carbons (Fsp3) is 0. The smallest absolute Gasteiger partial charge is 0.336 e. The first kappa shape index (κ1) is 17.0. The maximum Gasteiger partial charge on any atom is 0.336 e. The molecule has 5 nitrogen and oxygen atoms in total. The van der Waals surface area contributed by atoms with Gasteiger partial charge in [-0.3, -0.25) is 4.79 Å².